The van der Waals surface area contributed by atoms with Crippen molar-refractivity contribution in [1.29, 1.82) is 0 Å². The summed E-state index contributed by atoms with van der Waals surface area (Å²) in [6.45, 7) is 0.735. The second kappa shape index (κ2) is 7.00. The van der Waals surface area contributed by atoms with Crippen LogP contribution in [-0.2, 0) is 17.6 Å². The summed E-state index contributed by atoms with van der Waals surface area (Å²) in [7, 11) is 1.62. The lowest BCUT2D eigenvalue weighted by atomic mass is 10.2. The Morgan fingerprint density at radius 3 is 2.81 bits per heavy atom. The second-order valence-electron chi connectivity index (χ2n) is 6.16. The Bertz CT molecular complexity index is 918. The molecule has 4 rings (SSSR count). The zero-order valence-corrected chi connectivity index (χ0v) is 14.5. The molecule has 1 aliphatic heterocycles. The van der Waals surface area contributed by atoms with Crippen molar-refractivity contribution in [2.45, 2.75) is 19.3 Å². The molecule has 26 heavy (non-hydrogen) atoms. The Morgan fingerprint density at radius 2 is 2.00 bits per heavy atom. The van der Waals surface area contributed by atoms with E-state index in [0.29, 0.717) is 24.6 Å². The molecule has 0 unspecified atom stereocenters. The van der Waals surface area contributed by atoms with Crippen LogP contribution in [-0.4, -0.2) is 29.7 Å². The average Bonchev–Trinajstić information content (AvgIpc) is 3.33. The van der Waals surface area contributed by atoms with Gasteiger partial charge in [0.05, 0.1) is 7.11 Å². The maximum atomic E-state index is 12.6. The standard InChI is InChI=1S/C20H19N3O3/c1-25-16-8-6-15(7-9-16)20-21-18(26-22-20)10-11-19(24)23-13-12-14-4-2-3-5-17(14)23/h2-9H,10-13H2,1H3. The first-order valence-electron chi connectivity index (χ1n) is 8.60. The summed E-state index contributed by atoms with van der Waals surface area (Å²) in [5, 5.41) is 4.00. The monoisotopic (exact) mass is 349 g/mol. The number of carbonyl (C=O) groups is 1. The number of anilines is 1. The number of hydrogen-bond acceptors (Lipinski definition) is 5. The van der Waals surface area contributed by atoms with E-state index in [1.807, 2.05) is 47.4 Å². The molecule has 1 amide bonds. The maximum absolute atomic E-state index is 12.6. The van der Waals surface area contributed by atoms with Gasteiger partial charge in [-0.05, 0) is 42.3 Å². The van der Waals surface area contributed by atoms with E-state index in [-0.39, 0.29) is 5.91 Å². The molecule has 0 saturated heterocycles. The minimum atomic E-state index is 0.0825. The van der Waals surface area contributed by atoms with Crippen LogP contribution in [0.4, 0.5) is 5.69 Å². The van der Waals surface area contributed by atoms with Gasteiger partial charge in [-0.2, -0.15) is 4.98 Å². The minimum absolute atomic E-state index is 0.0825. The largest absolute Gasteiger partial charge is 0.497 e. The molecule has 0 atom stereocenters. The molecule has 132 valence electrons. The molecule has 1 aliphatic rings. The highest BCUT2D eigenvalue weighted by atomic mass is 16.5. The molecule has 0 bridgehead atoms. The number of para-hydroxylation sites is 1. The molecule has 0 saturated carbocycles. The molecule has 0 radical (unpaired) electrons. The van der Waals surface area contributed by atoms with E-state index in [9.17, 15) is 4.79 Å². The van der Waals surface area contributed by atoms with Crippen LogP contribution in [0.2, 0.25) is 0 Å². The molecule has 6 nitrogen and oxygen atoms in total. The number of hydrogen-bond donors (Lipinski definition) is 0. The number of ether oxygens (including phenoxy) is 1. The van der Waals surface area contributed by atoms with Gasteiger partial charge in [-0.1, -0.05) is 23.4 Å². The Morgan fingerprint density at radius 1 is 1.19 bits per heavy atom. The van der Waals surface area contributed by atoms with Crippen LogP contribution < -0.4 is 9.64 Å². The predicted molar refractivity (Wildman–Crippen MR) is 97.1 cm³/mol. The lowest BCUT2D eigenvalue weighted by molar-refractivity contribution is -0.118. The highest BCUT2D eigenvalue weighted by Gasteiger charge is 2.24. The second-order valence-corrected chi connectivity index (χ2v) is 6.16. The molecular weight excluding hydrogens is 330 g/mol. The third kappa shape index (κ3) is 3.18. The summed E-state index contributed by atoms with van der Waals surface area (Å²) in [5.41, 5.74) is 3.09. The molecule has 1 aromatic heterocycles. The van der Waals surface area contributed by atoms with Crippen molar-refractivity contribution >= 4 is 11.6 Å². The molecule has 0 aliphatic carbocycles. The number of methoxy groups -OCH3 is 1. The van der Waals surface area contributed by atoms with Gasteiger partial charge in [-0.3, -0.25) is 4.79 Å². The first-order chi connectivity index (χ1) is 12.7. The molecule has 2 heterocycles. The number of rotatable bonds is 5. The van der Waals surface area contributed by atoms with Gasteiger partial charge in [-0.25, -0.2) is 0 Å². The highest BCUT2D eigenvalue weighted by molar-refractivity contribution is 5.95. The Balaban J connectivity index is 1.39. The van der Waals surface area contributed by atoms with E-state index >= 15 is 0 Å². The SMILES string of the molecule is COc1ccc(-c2noc(CCC(=O)N3CCc4ccccc43)n2)cc1. The summed E-state index contributed by atoms with van der Waals surface area (Å²) in [4.78, 5) is 18.8. The van der Waals surface area contributed by atoms with Crippen LogP contribution in [0, 0.1) is 0 Å². The predicted octanol–water partition coefficient (Wildman–Crippen LogP) is 3.27. The van der Waals surface area contributed by atoms with Crippen LogP contribution >= 0.6 is 0 Å². The van der Waals surface area contributed by atoms with E-state index in [2.05, 4.69) is 16.2 Å². The van der Waals surface area contributed by atoms with Gasteiger partial charge in [0.1, 0.15) is 5.75 Å². The minimum Gasteiger partial charge on any atom is -0.497 e. The van der Waals surface area contributed by atoms with Gasteiger partial charge < -0.3 is 14.2 Å². The highest BCUT2D eigenvalue weighted by Crippen LogP contribution is 2.28. The van der Waals surface area contributed by atoms with E-state index in [1.54, 1.807) is 7.11 Å². The van der Waals surface area contributed by atoms with Gasteiger partial charge >= 0.3 is 0 Å². The molecule has 2 aromatic carbocycles. The van der Waals surface area contributed by atoms with Gasteiger partial charge in [0, 0.05) is 30.6 Å². The summed E-state index contributed by atoms with van der Waals surface area (Å²) in [6, 6.07) is 15.5. The lowest BCUT2D eigenvalue weighted by Crippen LogP contribution is -2.29. The first kappa shape index (κ1) is 16.3. The number of nitrogens with zero attached hydrogens (tertiary/aromatic N) is 3. The maximum Gasteiger partial charge on any atom is 0.227 e. The third-order valence-electron chi connectivity index (χ3n) is 4.56. The quantitative estimate of drug-likeness (QED) is 0.707. The summed E-state index contributed by atoms with van der Waals surface area (Å²) in [6.07, 6.45) is 1.68. The Labute approximate surface area is 151 Å². The average molecular weight is 349 g/mol. The van der Waals surface area contributed by atoms with E-state index in [4.69, 9.17) is 9.26 Å². The van der Waals surface area contributed by atoms with Crippen molar-refractivity contribution in [1.82, 2.24) is 10.1 Å². The Hall–Kier alpha value is -3.15. The van der Waals surface area contributed by atoms with Gasteiger partial charge in [0.15, 0.2) is 0 Å². The summed E-state index contributed by atoms with van der Waals surface area (Å²) >= 11 is 0. The third-order valence-corrected chi connectivity index (χ3v) is 4.56. The van der Waals surface area contributed by atoms with Crippen molar-refractivity contribution in [3.8, 4) is 17.1 Å². The van der Waals surface area contributed by atoms with Crippen molar-refractivity contribution in [2.24, 2.45) is 0 Å². The van der Waals surface area contributed by atoms with Crippen molar-refractivity contribution in [3.63, 3.8) is 0 Å². The van der Waals surface area contributed by atoms with Crippen LogP contribution in [0.5, 0.6) is 5.75 Å². The van der Waals surface area contributed by atoms with E-state index in [1.165, 1.54) is 5.56 Å². The van der Waals surface area contributed by atoms with Crippen LogP contribution in [0.25, 0.3) is 11.4 Å². The fraction of sp³-hybridized carbons (Fsp3) is 0.250. The number of amides is 1. The number of aromatic nitrogens is 2. The molecule has 6 heteroatoms. The first-order valence-corrected chi connectivity index (χ1v) is 8.60. The zero-order valence-electron chi connectivity index (χ0n) is 14.5. The molecular formula is C20H19N3O3. The topological polar surface area (TPSA) is 68.5 Å². The van der Waals surface area contributed by atoms with Crippen LogP contribution in [0.15, 0.2) is 53.1 Å². The molecule has 0 fully saturated rings. The number of benzene rings is 2. The molecule has 0 spiro atoms. The summed E-state index contributed by atoms with van der Waals surface area (Å²) < 4.78 is 10.4. The van der Waals surface area contributed by atoms with Crippen molar-refractivity contribution < 1.29 is 14.1 Å². The van der Waals surface area contributed by atoms with Gasteiger partial charge in [0.2, 0.25) is 17.6 Å². The van der Waals surface area contributed by atoms with Gasteiger partial charge in [0.25, 0.3) is 0 Å². The summed E-state index contributed by atoms with van der Waals surface area (Å²) in [5.74, 6) is 1.84. The number of carbonyl (C=O) groups excluding carboxylic acids is 1. The van der Waals surface area contributed by atoms with Crippen molar-refractivity contribution in [2.75, 3.05) is 18.6 Å². The number of fused-ring (bicyclic) bond motifs is 1. The van der Waals surface area contributed by atoms with Gasteiger partial charge in [-0.15, -0.1) is 0 Å². The smallest absolute Gasteiger partial charge is 0.227 e. The molecule has 0 N–H and O–H groups in total. The Kier molecular flexibility index (Phi) is 4.39. The van der Waals surface area contributed by atoms with Crippen LogP contribution in [0.3, 0.4) is 0 Å². The number of aryl methyl sites for hydroxylation is 1. The van der Waals surface area contributed by atoms with Crippen molar-refractivity contribution in [3.05, 3.63) is 60.0 Å². The normalized spacial score (nSPS) is 12.9. The molecule has 3 aromatic rings. The lowest BCUT2D eigenvalue weighted by Gasteiger charge is -2.16. The van der Waals surface area contributed by atoms with E-state index in [0.717, 1.165) is 30.0 Å². The fourth-order valence-corrected chi connectivity index (χ4v) is 3.16. The zero-order chi connectivity index (χ0) is 17.9. The van der Waals surface area contributed by atoms with E-state index < -0.39 is 0 Å². The van der Waals surface area contributed by atoms with Crippen LogP contribution in [0.1, 0.15) is 17.9 Å². The fourth-order valence-electron chi connectivity index (χ4n) is 3.16.